The summed E-state index contributed by atoms with van der Waals surface area (Å²) < 4.78 is 10.8. The highest BCUT2D eigenvalue weighted by Crippen LogP contribution is 2.64. The quantitative estimate of drug-likeness (QED) is 0.120. The van der Waals surface area contributed by atoms with E-state index in [1.807, 2.05) is 0 Å². The molecular weight excluding hydrogens is 592 g/mol. The fourth-order valence-electron chi connectivity index (χ4n) is 8.87. The molecule has 0 saturated heterocycles. The van der Waals surface area contributed by atoms with Gasteiger partial charge in [0.1, 0.15) is 34.4 Å². The normalized spacial score (nSPS) is 29.9. The van der Waals surface area contributed by atoms with Crippen LogP contribution in [0.4, 0.5) is 0 Å². The first-order chi connectivity index (χ1) is 21.7. The molecule has 0 bridgehead atoms. The van der Waals surface area contributed by atoms with Crippen LogP contribution in [0.2, 0.25) is 0 Å². The molecular formula is C36H40O10. The maximum Gasteiger partial charge on any atom is 0.302 e. The van der Waals surface area contributed by atoms with E-state index in [9.17, 15) is 39.9 Å². The Morgan fingerprint density at radius 3 is 2.33 bits per heavy atom. The molecule has 46 heavy (non-hydrogen) atoms. The zero-order chi connectivity index (χ0) is 33.1. The fraction of sp³-hybridized carbons (Fsp3) is 0.472. The Balaban J connectivity index is 0.000000162. The molecule has 3 aromatic rings. The Bertz CT molecular complexity index is 1820. The molecule has 1 heterocycles. The number of ether oxygens (including phenoxy) is 1. The SMILES string of the molecule is CC(=O)OC1CCC2(C)C(=CCC3C4CCC(=O)C4(C)CCC32)C1.O=c1c(O)c(-c2ccc(O)c(O)c2)oc2cc(O)cc(O)c12. The van der Waals surface area contributed by atoms with E-state index in [2.05, 4.69) is 19.9 Å². The Labute approximate surface area is 266 Å². The zero-order valence-electron chi connectivity index (χ0n) is 26.2. The van der Waals surface area contributed by atoms with Crippen LogP contribution in [-0.2, 0) is 14.3 Å². The lowest BCUT2D eigenvalue weighted by atomic mass is 9.48. The van der Waals surface area contributed by atoms with E-state index in [0.29, 0.717) is 23.5 Å². The molecule has 1 aromatic heterocycles. The number of Topliss-reactive ketones (excluding diaryl/α,β-unsaturated/α-hetero) is 1. The largest absolute Gasteiger partial charge is 0.508 e. The average molecular weight is 633 g/mol. The summed E-state index contributed by atoms with van der Waals surface area (Å²) in [6.07, 6.45) is 10.8. The van der Waals surface area contributed by atoms with Crippen LogP contribution in [0.3, 0.4) is 0 Å². The predicted molar refractivity (Wildman–Crippen MR) is 169 cm³/mol. The van der Waals surface area contributed by atoms with Crippen molar-refractivity contribution in [1.29, 1.82) is 0 Å². The Hall–Kier alpha value is -4.47. The van der Waals surface area contributed by atoms with Crippen LogP contribution in [0.1, 0.15) is 72.1 Å². The van der Waals surface area contributed by atoms with Gasteiger partial charge in [-0.05, 0) is 79.9 Å². The van der Waals surface area contributed by atoms with Crippen LogP contribution in [0.5, 0.6) is 28.7 Å². The van der Waals surface area contributed by atoms with E-state index in [1.165, 1.54) is 25.0 Å². The minimum atomic E-state index is -0.888. The number of ketones is 1. The van der Waals surface area contributed by atoms with Crippen LogP contribution in [-0.4, -0.2) is 43.4 Å². The zero-order valence-corrected chi connectivity index (χ0v) is 26.2. The van der Waals surface area contributed by atoms with Gasteiger partial charge in [-0.2, -0.15) is 0 Å². The lowest BCUT2D eigenvalue weighted by Crippen LogP contribution is -2.50. The molecule has 7 rings (SSSR count). The third kappa shape index (κ3) is 5.17. The molecule has 3 fully saturated rings. The van der Waals surface area contributed by atoms with Gasteiger partial charge in [0.15, 0.2) is 17.3 Å². The van der Waals surface area contributed by atoms with Gasteiger partial charge in [-0.3, -0.25) is 14.4 Å². The van der Waals surface area contributed by atoms with E-state index in [1.54, 1.807) is 0 Å². The van der Waals surface area contributed by atoms with Gasteiger partial charge in [0.05, 0.1) is 0 Å². The summed E-state index contributed by atoms with van der Waals surface area (Å²) in [6.45, 7) is 6.19. The predicted octanol–water partition coefficient (Wildman–Crippen LogP) is 6.44. The smallest absolute Gasteiger partial charge is 0.302 e. The van der Waals surface area contributed by atoms with Crippen molar-refractivity contribution < 1.29 is 44.3 Å². The molecule has 0 spiro atoms. The maximum absolute atomic E-state index is 12.4. The first-order valence-electron chi connectivity index (χ1n) is 15.9. The molecule has 2 aromatic carbocycles. The minimum Gasteiger partial charge on any atom is -0.508 e. The van der Waals surface area contributed by atoms with E-state index in [4.69, 9.17) is 9.15 Å². The summed E-state index contributed by atoms with van der Waals surface area (Å²) in [6, 6.07) is 5.64. The number of phenols is 4. The number of fused-ring (bicyclic) bond motifs is 6. The number of benzene rings is 2. The topological polar surface area (TPSA) is 175 Å². The highest BCUT2D eigenvalue weighted by molar-refractivity contribution is 5.88. The van der Waals surface area contributed by atoms with Crippen molar-refractivity contribution in [3.63, 3.8) is 0 Å². The Morgan fingerprint density at radius 2 is 1.61 bits per heavy atom. The molecule has 0 aliphatic heterocycles. The Kier molecular flexibility index (Phi) is 7.81. The number of hydrogen-bond donors (Lipinski definition) is 5. The van der Waals surface area contributed by atoms with Gasteiger partial charge in [-0.25, -0.2) is 0 Å². The van der Waals surface area contributed by atoms with Gasteiger partial charge >= 0.3 is 5.97 Å². The number of esters is 1. The number of aromatic hydroxyl groups is 5. The average Bonchev–Trinajstić information content (AvgIpc) is 3.30. The number of hydrogen-bond acceptors (Lipinski definition) is 10. The first kappa shape index (κ1) is 31.5. The van der Waals surface area contributed by atoms with Gasteiger partial charge in [-0.15, -0.1) is 0 Å². The maximum atomic E-state index is 12.4. The van der Waals surface area contributed by atoms with Crippen LogP contribution in [0, 0.1) is 28.6 Å². The Morgan fingerprint density at radius 1 is 0.891 bits per heavy atom. The molecule has 6 atom stereocenters. The van der Waals surface area contributed by atoms with Crippen LogP contribution in [0.15, 0.2) is 51.2 Å². The van der Waals surface area contributed by atoms with Gasteiger partial charge in [0.25, 0.3) is 0 Å². The second kappa shape index (κ2) is 11.4. The van der Waals surface area contributed by atoms with E-state index in [-0.39, 0.29) is 56.7 Å². The van der Waals surface area contributed by atoms with Crippen molar-refractivity contribution in [2.45, 2.75) is 78.2 Å². The number of rotatable bonds is 2. The molecule has 5 N–H and O–H groups in total. The van der Waals surface area contributed by atoms with Gasteiger partial charge in [-0.1, -0.05) is 25.5 Å². The van der Waals surface area contributed by atoms with E-state index < -0.39 is 22.7 Å². The number of allylic oxidation sites excluding steroid dienone is 1. The molecule has 244 valence electrons. The van der Waals surface area contributed by atoms with E-state index >= 15 is 0 Å². The summed E-state index contributed by atoms with van der Waals surface area (Å²) in [7, 11) is 0. The van der Waals surface area contributed by atoms with E-state index in [0.717, 1.165) is 69.2 Å². The van der Waals surface area contributed by atoms with Gasteiger partial charge in [0, 0.05) is 42.9 Å². The summed E-state index contributed by atoms with van der Waals surface area (Å²) >= 11 is 0. The van der Waals surface area contributed by atoms with Crippen molar-refractivity contribution in [2.24, 2.45) is 28.6 Å². The molecule has 4 aliphatic rings. The minimum absolute atomic E-state index is 0.0438. The standard InChI is InChI=1S/C21H30O3.C15H10O7/c1-13(22)24-15-8-10-20(2)14(12-15)4-5-16-17-6-7-19(23)21(17,3)11-9-18(16)20;16-7-4-10(19)12-11(5-7)22-15(14(21)13(12)20)6-1-2-8(17)9(18)3-6/h4,15-18H,5-12H2,1-3H3;1-5,16-19,21H. The lowest BCUT2D eigenvalue weighted by Gasteiger charge is -2.56. The van der Waals surface area contributed by atoms with Gasteiger partial charge < -0.3 is 34.7 Å². The lowest BCUT2D eigenvalue weighted by molar-refractivity contribution is -0.148. The monoisotopic (exact) mass is 632 g/mol. The molecule has 10 nitrogen and oxygen atoms in total. The molecule has 0 amide bonds. The van der Waals surface area contributed by atoms with Crippen molar-refractivity contribution in [3.05, 3.63) is 52.2 Å². The molecule has 10 heteroatoms. The number of phenolic OH excluding ortho intramolecular Hbond substituents is 4. The van der Waals surface area contributed by atoms with Crippen LogP contribution >= 0.6 is 0 Å². The molecule has 3 saturated carbocycles. The van der Waals surface area contributed by atoms with Crippen molar-refractivity contribution in [1.82, 2.24) is 0 Å². The first-order valence-corrected chi connectivity index (χ1v) is 15.9. The summed E-state index contributed by atoms with van der Waals surface area (Å²) in [5.41, 5.74) is 0.845. The number of carbonyl (C=O) groups is 2. The van der Waals surface area contributed by atoms with Gasteiger partial charge in [0.2, 0.25) is 11.2 Å². The second-order valence-corrected chi connectivity index (χ2v) is 13.8. The second-order valence-electron chi connectivity index (χ2n) is 13.8. The summed E-state index contributed by atoms with van der Waals surface area (Å²) in [5.74, 6) is -0.382. The van der Waals surface area contributed by atoms with Crippen molar-refractivity contribution in [2.75, 3.05) is 0 Å². The highest BCUT2D eigenvalue weighted by atomic mass is 16.5. The van der Waals surface area contributed by atoms with Crippen LogP contribution in [0.25, 0.3) is 22.3 Å². The highest BCUT2D eigenvalue weighted by Gasteiger charge is 2.58. The van der Waals surface area contributed by atoms with Crippen molar-refractivity contribution in [3.8, 4) is 40.1 Å². The number of carbonyl (C=O) groups excluding carboxylic acids is 2. The molecule has 0 radical (unpaired) electrons. The molecule has 6 unspecified atom stereocenters. The third-order valence-corrected chi connectivity index (χ3v) is 11.3. The fourth-order valence-corrected chi connectivity index (χ4v) is 8.87. The molecule has 4 aliphatic carbocycles. The summed E-state index contributed by atoms with van der Waals surface area (Å²) in [5, 5.41) is 47.6. The third-order valence-electron chi connectivity index (χ3n) is 11.3. The van der Waals surface area contributed by atoms with Crippen LogP contribution < -0.4 is 5.43 Å². The summed E-state index contributed by atoms with van der Waals surface area (Å²) in [4.78, 5) is 35.9. The van der Waals surface area contributed by atoms with Crippen molar-refractivity contribution >= 4 is 22.7 Å².